The van der Waals surface area contributed by atoms with E-state index in [1.54, 1.807) is 0 Å². The van der Waals surface area contributed by atoms with Crippen LogP contribution in [0.2, 0.25) is 0 Å². The lowest BCUT2D eigenvalue weighted by Crippen LogP contribution is -2.37. The molecule has 0 bridgehead atoms. The molecule has 1 aromatic rings. The average Bonchev–Trinajstić information content (AvgIpc) is 2.30. The number of rotatable bonds is 3. The number of nitrogens with zero attached hydrogens (tertiary/aromatic N) is 1. The van der Waals surface area contributed by atoms with Crippen LogP contribution in [0.3, 0.4) is 0 Å². The molecular formula is C13H18FNO. The van der Waals surface area contributed by atoms with E-state index in [4.69, 9.17) is 0 Å². The van der Waals surface area contributed by atoms with Crippen LogP contribution in [0.15, 0.2) is 24.3 Å². The van der Waals surface area contributed by atoms with Crippen molar-refractivity contribution in [3.63, 3.8) is 0 Å². The monoisotopic (exact) mass is 223 g/mol. The minimum atomic E-state index is -0.176. The lowest BCUT2D eigenvalue weighted by Gasteiger charge is -2.29. The van der Waals surface area contributed by atoms with Crippen molar-refractivity contribution in [1.82, 2.24) is 4.90 Å². The number of aliphatic hydroxyl groups excluding tert-OH is 1. The molecule has 1 aliphatic rings. The van der Waals surface area contributed by atoms with Gasteiger partial charge in [-0.1, -0.05) is 12.1 Å². The molecule has 0 spiro atoms. The Balaban J connectivity index is 1.77. The number of hydrogen-bond acceptors (Lipinski definition) is 2. The Morgan fingerprint density at radius 3 is 2.44 bits per heavy atom. The van der Waals surface area contributed by atoms with Crippen molar-refractivity contribution in [2.45, 2.75) is 25.4 Å². The molecule has 1 N–H and O–H groups in total. The first-order chi connectivity index (χ1) is 7.74. The Morgan fingerprint density at radius 1 is 1.19 bits per heavy atom. The third-order valence-electron chi connectivity index (χ3n) is 3.19. The Bertz CT molecular complexity index is 317. The van der Waals surface area contributed by atoms with Gasteiger partial charge >= 0.3 is 0 Å². The van der Waals surface area contributed by atoms with Gasteiger partial charge in [0.1, 0.15) is 5.82 Å². The fourth-order valence-corrected chi connectivity index (χ4v) is 2.08. The molecule has 1 aromatic carbocycles. The summed E-state index contributed by atoms with van der Waals surface area (Å²) < 4.78 is 12.7. The molecule has 16 heavy (non-hydrogen) atoms. The van der Waals surface area contributed by atoms with E-state index in [0.717, 1.165) is 38.9 Å². The first kappa shape index (κ1) is 11.6. The normalized spacial score (nSPS) is 18.9. The van der Waals surface area contributed by atoms with Crippen LogP contribution < -0.4 is 0 Å². The molecule has 88 valence electrons. The summed E-state index contributed by atoms with van der Waals surface area (Å²) in [5, 5.41) is 9.37. The van der Waals surface area contributed by atoms with E-state index >= 15 is 0 Å². The minimum absolute atomic E-state index is 0.109. The SMILES string of the molecule is OC1CCN(CCc2ccc(F)cc2)CC1. The van der Waals surface area contributed by atoms with Crippen LogP contribution >= 0.6 is 0 Å². The topological polar surface area (TPSA) is 23.5 Å². The van der Waals surface area contributed by atoms with Gasteiger partial charge in [0.05, 0.1) is 6.10 Å². The molecule has 0 aliphatic carbocycles. The van der Waals surface area contributed by atoms with Gasteiger partial charge in [-0.25, -0.2) is 4.39 Å². The van der Waals surface area contributed by atoms with Crippen LogP contribution in [0.25, 0.3) is 0 Å². The van der Waals surface area contributed by atoms with E-state index in [0.29, 0.717) is 0 Å². The zero-order valence-electron chi connectivity index (χ0n) is 9.40. The highest BCUT2D eigenvalue weighted by atomic mass is 19.1. The third kappa shape index (κ3) is 3.29. The lowest BCUT2D eigenvalue weighted by atomic mass is 10.1. The predicted molar refractivity (Wildman–Crippen MR) is 61.8 cm³/mol. The zero-order valence-corrected chi connectivity index (χ0v) is 9.40. The van der Waals surface area contributed by atoms with Crippen molar-refractivity contribution in [1.29, 1.82) is 0 Å². The zero-order chi connectivity index (χ0) is 11.4. The molecule has 0 saturated carbocycles. The molecule has 1 saturated heterocycles. The maximum atomic E-state index is 12.7. The van der Waals surface area contributed by atoms with Gasteiger partial charge in [-0.15, -0.1) is 0 Å². The summed E-state index contributed by atoms with van der Waals surface area (Å²) in [5.74, 6) is -0.176. The number of halogens is 1. The molecule has 2 rings (SSSR count). The predicted octanol–water partition coefficient (Wildman–Crippen LogP) is 1.82. The van der Waals surface area contributed by atoms with E-state index in [1.807, 2.05) is 12.1 Å². The van der Waals surface area contributed by atoms with Crippen LogP contribution in [-0.4, -0.2) is 35.7 Å². The minimum Gasteiger partial charge on any atom is -0.393 e. The highest BCUT2D eigenvalue weighted by molar-refractivity contribution is 5.16. The van der Waals surface area contributed by atoms with Gasteiger partial charge in [-0.2, -0.15) is 0 Å². The molecule has 1 heterocycles. The summed E-state index contributed by atoms with van der Waals surface area (Å²) in [5.41, 5.74) is 1.17. The number of benzene rings is 1. The van der Waals surface area contributed by atoms with Crippen molar-refractivity contribution in [3.8, 4) is 0 Å². The fraction of sp³-hybridized carbons (Fsp3) is 0.538. The molecule has 3 heteroatoms. The van der Waals surface area contributed by atoms with E-state index < -0.39 is 0 Å². The van der Waals surface area contributed by atoms with Crippen LogP contribution in [-0.2, 0) is 6.42 Å². The van der Waals surface area contributed by atoms with Crippen molar-refractivity contribution >= 4 is 0 Å². The van der Waals surface area contributed by atoms with Crippen molar-refractivity contribution in [2.75, 3.05) is 19.6 Å². The second kappa shape index (κ2) is 5.41. The number of aliphatic hydroxyl groups is 1. The summed E-state index contributed by atoms with van der Waals surface area (Å²) in [4.78, 5) is 2.36. The van der Waals surface area contributed by atoms with Crippen LogP contribution in [0, 0.1) is 5.82 Å². The molecule has 2 nitrogen and oxygen atoms in total. The Hall–Kier alpha value is -0.930. The maximum Gasteiger partial charge on any atom is 0.123 e. The van der Waals surface area contributed by atoms with E-state index in [9.17, 15) is 9.50 Å². The summed E-state index contributed by atoms with van der Waals surface area (Å²) in [6.45, 7) is 2.95. The molecule has 0 atom stereocenters. The van der Waals surface area contributed by atoms with Gasteiger partial charge in [-0.3, -0.25) is 0 Å². The van der Waals surface area contributed by atoms with Crippen LogP contribution in [0.4, 0.5) is 4.39 Å². The molecule has 1 fully saturated rings. The van der Waals surface area contributed by atoms with Crippen molar-refractivity contribution in [3.05, 3.63) is 35.6 Å². The van der Waals surface area contributed by atoms with E-state index in [-0.39, 0.29) is 11.9 Å². The molecule has 0 aromatic heterocycles. The summed E-state index contributed by atoms with van der Waals surface area (Å²) >= 11 is 0. The molecule has 0 radical (unpaired) electrons. The van der Waals surface area contributed by atoms with Crippen molar-refractivity contribution in [2.24, 2.45) is 0 Å². The molecular weight excluding hydrogens is 205 g/mol. The molecule has 1 aliphatic heterocycles. The summed E-state index contributed by atoms with van der Waals surface area (Å²) in [6.07, 6.45) is 2.60. The maximum absolute atomic E-state index is 12.7. The second-order valence-electron chi connectivity index (χ2n) is 4.45. The first-order valence-electron chi connectivity index (χ1n) is 5.89. The summed E-state index contributed by atoms with van der Waals surface area (Å²) in [7, 11) is 0. The highest BCUT2D eigenvalue weighted by Gasteiger charge is 2.16. The molecule has 0 amide bonds. The fourth-order valence-electron chi connectivity index (χ4n) is 2.08. The second-order valence-corrected chi connectivity index (χ2v) is 4.45. The smallest absolute Gasteiger partial charge is 0.123 e. The molecule has 0 unspecified atom stereocenters. The largest absolute Gasteiger partial charge is 0.393 e. The Labute approximate surface area is 95.7 Å². The number of piperidine rings is 1. The van der Waals surface area contributed by atoms with Gasteiger partial charge in [0.25, 0.3) is 0 Å². The van der Waals surface area contributed by atoms with Gasteiger partial charge in [-0.05, 0) is 37.0 Å². The number of hydrogen-bond donors (Lipinski definition) is 1. The standard InChI is InChI=1S/C13H18FNO/c14-12-3-1-11(2-4-12)5-8-15-9-6-13(16)7-10-15/h1-4,13,16H,5-10H2. The Kier molecular flexibility index (Phi) is 3.91. The van der Waals surface area contributed by atoms with Crippen LogP contribution in [0.1, 0.15) is 18.4 Å². The average molecular weight is 223 g/mol. The van der Waals surface area contributed by atoms with Crippen molar-refractivity contribution < 1.29 is 9.50 Å². The summed E-state index contributed by atoms with van der Waals surface area (Å²) in [6, 6.07) is 6.70. The Morgan fingerprint density at radius 2 is 1.81 bits per heavy atom. The number of likely N-dealkylation sites (tertiary alicyclic amines) is 1. The quantitative estimate of drug-likeness (QED) is 0.845. The van der Waals surface area contributed by atoms with E-state index in [1.165, 1.54) is 17.7 Å². The highest BCUT2D eigenvalue weighted by Crippen LogP contribution is 2.11. The van der Waals surface area contributed by atoms with Gasteiger partial charge in [0.2, 0.25) is 0 Å². The van der Waals surface area contributed by atoms with Gasteiger partial charge < -0.3 is 10.0 Å². The first-order valence-corrected chi connectivity index (χ1v) is 5.89. The van der Waals surface area contributed by atoms with E-state index in [2.05, 4.69) is 4.90 Å². The van der Waals surface area contributed by atoms with Crippen LogP contribution in [0.5, 0.6) is 0 Å². The lowest BCUT2D eigenvalue weighted by molar-refractivity contribution is 0.0832. The van der Waals surface area contributed by atoms with Gasteiger partial charge in [0.15, 0.2) is 0 Å². The third-order valence-corrected chi connectivity index (χ3v) is 3.19. The van der Waals surface area contributed by atoms with Gasteiger partial charge in [0, 0.05) is 19.6 Å².